The van der Waals surface area contributed by atoms with Crippen molar-refractivity contribution in [3.63, 3.8) is 0 Å². The third-order valence-corrected chi connectivity index (χ3v) is 5.52. The molecule has 126 valence electrons. The fourth-order valence-corrected chi connectivity index (χ4v) is 4.07. The predicted octanol–water partition coefficient (Wildman–Crippen LogP) is 5.15. The molecule has 0 aromatic heterocycles. The Labute approximate surface area is 153 Å². The van der Waals surface area contributed by atoms with Gasteiger partial charge in [0, 0.05) is 6.42 Å². The Balaban J connectivity index is 2.22. The summed E-state index contributed by atoms with van der Waals surface area (Å²) in [4.78, 5) is 12.0. The molecule has 0 bridgehead atoms. The summed E-state index contributed by atoms with van der Waals surface area (Å²) in [6, 6.07) is 31.0. The Morgan fingerprint density at radius 3 is 1.44 bits per heavy atom. The Hall–Kier alpha value is -2.52. The van der Waals surface area contributed by atoms with Gasteiger partial charge in [0.1, 0.15) is 4.75 Å². The van der Waals surface area contributed by atoms with Gasteiger partial charge in [0.25, 0.3) is 0 Å². The molecule has 0 spiro atoms. The van der Waals surface area contributed by atoms with Gasteiger partial charge in [-0.05, 0) is 28.6 Å². The summed E-state index contributed by atoms with van der Waals surface area (Å²) < 4.78 is 2.54. The average Bonchev–Trinajstić information content (AvgIpc) is 2.71. The summed E-state index contributed by atoms with van der Waals surface area (Å²) >= 11 is 1.46. The van der Waals surface area contributed by atoms with Crippen LogP contribution < -0.4 is 4.72 Å². The molecule has 0 radical (unpaired) electrons. The molecule has 0 aliphatic carbocycles. The Morgan fingerprint density at radius 1 is 0.760 bits per heavy atom. The Morgan fingerprint density at radius 2 is 1.12 bits per heavy atom. The van der Waals surface area contributed by atoms with Gasteiger partial charge in [-0.3, -0.25) is 9.52 Å². The van der Waals surface area contributed by atoms with Crippen LogP contribution in [0.3, 0.4) is 0 Å². The van der Waals surface area contributed by atoms with Crippen LogP contribution in [-0.2, 0) is 9.54 Å². The van der Waals surface area contributed by atoms with Gasteiger partial charge >= 0.3 is 0 Å². The number of hydrogen-bond acceptors (Lipinski definition) is 2. The molecule has 3 heteroatoms. The molecule has 2 nitrogen and oxygen atoms in total. The lowest BCUT2D eigenvalue weighted by atomic mass is 9.84. The number of benzene rings is 3. The quantitative estimate of drug-likeness (QED) is 0.493. The first-order valence-corrected chi connectivity index (χ1v) is 9.22. The van der Waals surface area contributed by atoms with Crippen LogP contribution in [0.5, 0.6) is 0 Å². The van der Waals surface area contributed by atoms with Crippen molar-refractivity contribution in [1.29, 1.82) is 0 Å². The number of nitrogens with one attached hydrogen (secondary N) is 1. The van der Waals surface area contributed by atoms with Crippen LogP contribution >= 0.6 is 11.9 Å². The third-order valence-electron chi connectivity index (χ3n) is 4.18. The highest BCUT2D eigenvalue weighted by Crippen LogP contribution is 2.46. The summed E-state index contributed by atoms with van der Waals surface area (Å²) in [5.74, 6) is 0.0252. The molecule has 1 amide bonds. The highest BCUT2D eigenvalue weighted by molar-refractivity contribution is 7.99. The van der Waals surface area contributed by atoms with Crippen molar-refractivity contribution >= 4 is 17.9 Å². The zero-order valence-electron chi connectivity index (χ0n) is 14.2. The Bertz CT molecular complexity index is 707. The molecule has 0 aliphatic heterocycles. The van der Waals surface area contributed by atoms with Gasteiger partial charge in [0.05, 0.1) is 0 Å². The average molecular weight is 347 g/mol. The van der Waals surface area contributed by atoms with E-state index in [1.165, 1.54) is 11.9 Å². The predicted molar refractivity (Wildman–Crippen MR) is 105 cm³/mol. The van der Waals surface area contributed by atoms with Crippen molar-refractivity contribution in [1.82, 2.24) is 4.72 Å². The van der Waals surface area contributed by atoms with E-state index in [0.29, 0.717) is 6.42 Å². The summed E-state index contributed by atoms with van der Waals surface area (Å²) in [7, 11) is 0. The molecular weight excluding hydrogens is 326 g/mol. The molecule has 25 heavy (non-hydrogen) atoms. The first-order valence-electron chi connectivity index (χ1n) is 8.41. The third kappa shape index (κ3) is 3.62. The molecular formula is C22H21NOS. The fraction of sp³-hybridized carbons (Fsp3) is 0.136. The molecule has 0 fully saturated rings. The van der Waals surface area contributed by atoms with Gasteiger partial charge in [0.2, 0.25) is 5.91 Å². The standard InChI is InChI=1S/C22H21NOS/c1-2-21(24)23-25-22(18-12-6-3-7-13-18,19-14-8-4-9-15-19)20-16-10-5-11-17-20/h3-17H,2H2,1H3,(H,23,24). The van der Waals surface area contributed by atoms with Crippen molar-refractivity contribution in [3.8, 4) is 0 Å². The topological polar surface area (TPSA) is 29.1 Å². The van der Waals surface area contributed by atoms with Crippen molar-refractivity contribution in [2.45, 2.75) is 18.1 Å². The van der Waals surface area contributed by atoms with Crippen LogP contribution in [0.25, 0.3) is 0 Å². The fourth-order valence-electron chi connectivity index (χ4n) is 2.90. The minimum Gasteiger partial charge on any atom is -0.299 e. The molecule has 3 aromatic rings. The largest absolute Gasteiger partial charge is 0.299 e. The molecule has 3 rings (SSSR count). The normalized spacial score (nSPS) is 11.1. The van der Waals surface area contributed by atoms with Gasteiger partial charge in [-0.15, -0.1) is 0 Å². The summed E-state index contributed by atoms with van der Waals surface area (Å²) in [6.45, 7) is 1.87. The second kappa shape index (κ2) is 8.04. The molecule has 0 saturated heterocycles. The van der Waals surface area contributed by atoms with E-state index in [0.717, 1.165) is 16.7 Å². The summed E-state index contributed by atoms with van der Waals surface area (Å²) in [6.07, 6.45) is 0.460. The van der Waals surface area contributed by atoms with Gasteiger partial charge < -0.3 is 0 Å². The van der Waals surface area contributed by atoms with Crippen LogP contribution in [0.2, 0.25) is 0 Å². The van der Waals surface area contributed by atoms with Crippen LogP contribution in [0.4, 0.5) is 0 Å². The zero-order chi connectivity index (χ0) is 17.5. The maximum Gasteiger partial charge on any atom is 0.229 e. The van der Waals surface area contributed by atoms with E-state index in [1.807, 2.05) is 61.5 Å². The van der Waals surface area contributed by atoms with Crippen molar-refractivity contribution in [2.24, 2.45) is 0 Å². The number of carbonyl (C=O) groups excluding carboxylic acids is 1. The molecule has 0 saturated carbocycles. The number of carbonyl (C=O) groups is 1. The van der Waals surface area contributed by atoms with Gasteiger partial charge in [-0.25, -0.2) is 0 Å². The summed E-state index contributed by atoms with van der Waals surface area (Å²) in [5.41, 5.74) is 3.40. The molecule has 0 unspecified atom stereocenters. The number of amides is 1. The highest BCUT2D eigenvalue weighted by atomic mass is 32.2. The van der Waals surface area contributed by atoms with Crippen molar-refractivity contribution < 1.29 is 4.79 Å². The van der Waals surface area contributed by atoms with Crippen LogP contribution in [0.1, 0.15) is 30.0 Å². The van der Waals surface area contributed by atoms with Gasteiger partial charge in [-0.2, -0.15) is 0 Å². The Kier molecular flexibility index (Phi) is 5.56. The summed E-state index contributed by atoms with van der Waals surface area (Å²) in [5, 5.41) is 0. The molecule has 0 aliphatic rings. The van der Waals surface area contributed by atoms with E-state index < -0.39 is 4.75 Å². The first-order chi connectivity index (χ1) is 12.3. The van der Waals surface area contributed by atoms with E-state index in [-0.39, 0.29) is 5.91 Å². The monoisotopic (exact) mass is 347 g/mol. The lowest BCUT2D eigenvalue weighted by molar-refractivity contribution is -0.118. The zero-order valence-corrected chi connectivity index (χ0v) is 15.0. The minimum atomic E-state index is -0.505. The van der Waals surface area contributed by atoms with Gasteiger partial charge in [0.15, 0.2) is 0 Å². The maximum atomic E-state index is 12.0. The second-order valence-electron chi connectivity index (χ2n) is 5.76. The van der Waals surface area contributed by atoms with Crippen LogP contribution in [-0.4, -0.2) is 5.91 Å². The van der Waals surface area contributed by atoms with Crippen LogP contribution in [0.15, 0.2) is 91.0 Å². The smallest absolute Gasteiger partial charge is 0.229 e. The van der Waals surface area contributed by atoms with Gasteiger partial charge in [-0.1, -0.05) is 97.9 Å². The SMILES string of the molecule is CCC(=O)NSC(c1ccccc1)(c1ccccc1)c1ccccc1. The van der Waals surface area contributed by atoms with E-state index in [9.17, 15) is 4.79 Å². The van der Waals surface area contributed by atoms with Crippen molar-refractivity contribution in [2.75, 3.05) is 0 Å². The van der Waals surface area contributed by atoms with E-state index in [4.69, 9.17) is 0 Å². The lowest BCUT2D eigenvalue weighted by Gasteiger charge is -2.34. The first kappa shape index (κ1) is 17.3. The van der Waals surface area contributed by atoms with Crippen LogP contribution in [0, 0.1) is 0 Å². The number of hydrogen-bond donors (Lipinski definition) is 1. The highest BCUT2D eigenvalue weighted by Gasteiger charge is 2.37. The lowest BCUT2D eigenvalue weighted by Crippen LogP contribution is -2.31. The van der Waals surface area contributed by atoms with Crippen molar-refractivity contribution in [3.05, 3.63) is 108 Å². The molecule has 1 N–H and O–H groups in total. The van der Waals surface area contributed by atoms with E-state index >= 15 is 0 Å². The molecule has 0 atom stereocenters. The van der Waals surface area contributed by atoms with E-state index in [1.54, 1.807) is 0 Å². The van der Waals surface area contributed by atoms with E-state index in [2.05, 4.69) is 41.1 Å². The molecule has 0 heterocycles. The second-order valence-corrected chi connectivity index (χ2v) is 6.78. The molecule has 3 aromatic carbocycles. The minimum absolute atomic E-state index is 0.0252. The number of rotatable bonds is 6. The maximum absolute atomic E-state index is 12.0.